The van der Waals surface area contributed by atoms with Gasteiger partial charge in [0.05, 0.1) is 10.9 Å². The molecule has 0 saturated carbocycles. The molecular formula is C12H14N4OS. The van der Waals surface area contributed by atoms with E-state index in [2.05, 4.69) is 19.9 Å². The summed E-state index contributed by atoms with van der Waals surface area (Å²) in [5.41, 5.74) is 1.55. The van der Waals surface area contributed by atoms with Crippen molar-refractivity contribution in [2.24, 2.45) is 0 Å². The van der Waals surface area contributed by atoms with Crippen molar-refractivity contribution < 1.29 is 0 Å². The van der Waals surface area contributed by atoms with E-state index in [0.29, 0.717) is 5.16 Å². The molecule has 0 aliphatic heterocycles. The second-order valence-corrected chi connectivity index (χ2v) is 5.12. The maximum atomic E-state index is 11.5. The lowest BCUT2D eigenvalue weighted by atomic mass is 10.3. The van der Waals surface area contributed by atoms with Crippen LogP contribution in [0, 0.1) is 0 Å². The first-order valence-electron chi connectivity index (χ1n) is 5.72. The van der Waals surface area contributed by atoms with Gasteiger partial charge in [0.2, 0.25) is 0 Å². The van der Waals surface area contributed by atoms with Gasteiger partial charge in [0.25, 0.3) is 5.56 Å². The molecule has 0 aromatic carbocycles. The Balaban J connectivity index is 2.19. The first-order valence-corrected chi connectivity index (χ1v) is 6.60. The summed E-state index contributed by atoms with van der Waals surface area (Å²) in [4.78, 5) is 26.8. The highest BCUT2D eigenvalue weighted by molar-refractivity contribution is 7.99. The smallest absolute Gasteiger partial charge is 0.251 e. The molecule has 2 aromatic heterocycles. The van der Waals surface area contributed by atoms with Crippen LogP contribution in [0.2, 0.25) is 0 Å². The molecule has 0 amide bonds. The van der Waals surface area contributed by atoms with E-state index < -0.39 is 0 Å². The Morgan fingerprint density at radius 1 is 1.44 bits per heavy atom. The molecule has 6 heteroatoms. The maximum Gasteiger partial charge on any atom is 0.251 e. The number of aromatic nitrogens is 4. The molecule has 0 spiro atoms. The third-order valence-corrected chi connectivity index (χ3v) is 3.43. The van der Waals surface area contributed by atoms with Gasteiger partial charge in [-0.15, -0.1) is 0 Å². The topological polar surface area (TPSA) is 71.5 Å². The van der Waals surface area contributed by atoms with E-state index in [-0.39, 0.29) is 10.8 Å². The van der Waals surface area contributed by atoms with Gasteiger partial charge in [-0.1, -0.05) is 18.7 Å². The summed E-state index contributed by atoms with van der Waals surface area (Å²) in [5.74, 6) is 0. The third-order valence-electron chi connectivity index (χ3n) is 2.42. The van der Waals surface area contributed by atoms with Crippen LogP contribution in [-0.2, 0) is 6.42 Å². The largest absolute Gasteiger partial charge is 0.301 e. The Bertz CT molecular complexity index is 570. The number of thioether (sulfide) groups is 1. The maximum absolute atomic E-state index is 11.5. The van der Waals surface area contributed by atoms with Crippen molar-refractivity contribution in [3.8, 4) is 0 Å². The van der Waals surface area contributed by atoms with Gasteiger partial charge in [-0.3, -0.25) is 14.8 Å². The number of nitrogens with one attached hydrogen (secondary N) is 1. The summed E-state index contributed by atoms with van der Waals surface area (Å²) >= 11 is 1.47. The quantitative estimate of drug-likeness (QED) is 0.673. The molecule has 2 aromatic rings. The van der Waals surface area contributed by atoms with Crippen LogP contribution in [0.25, 0.3) is 0 Å². The normalized spacial score (nSPS) is 12.3. The van der Waals surface area contributed by atoms with E-state index >= 15 is 0 Å². The van der Waals surface area contributed by atoms with Gasteiger partial charge in [0.15, 0.2) is 5.16 Å². The Morgan fingerprint density at radius 3 is 2.94 bits per heavy atom. The van der Waals surface area contributed by atoms with Gasteiger partial charge in [-0.2, -0.15) is 0 Å². The van der Waals surface area contributed by atoms with Crippen LogP contribution in [0.5, 0.6) is 0 Å². The van der Waals surface area contributed by atoms with Crippen LogP contribution in [0.3, 0.4) is 0 Å². The monoisotopic (exact) mass is 262 g/mol. The van der Waals surface area contributed by atoms with Crippen molar-refractivity contribution in [3.05, 3.63) is 46.4 Å². The molecule has 1 atom stereocenters. The van der Waals surface area contributed by atoms with E-state index in [1.807, 2.05) is 13.8 Å². The van der Waals surface area contributed by atoms with E-state index in [9.17, 15) is 4.79 Å². The summed E-state index contributed by atoms with van der Waals surface area (Å²) in [6.45, 7) is 3.98. The number of H-pyrrole nitrogens is 1. The first kappa shape index (κ1) is 12.8. The van der Waals surface area contributed by atoms with Crippen LogP contribution in [0.1, 0.15) is 30.5 Å². The standard InChI is InChI=1S/C12H14N4OS/c1-3-9-6-11(17)16-12(15-9)18-8(2)10-7-13-4-5-14-10/h4-8H,3H2,1-2H3,(H,15,16,17)/t8-/m0/s1. The SMILES string of the molecule is CCc1cc(=O)[nH]c(S[C@@H](C)c2cnccn2)n1. The van der Waals surface area contributed by atoms with Crippen LogP contribution < -0.4 is 5.56 Å². The van der Waals surface area contributed by atoms with E-state index in [0.717, 1.165) is 17.8 Å². The number of rotatable bonds is 4. The summed E-state index contributed by atoms with van der Waals surface area (Å²) in [6.07, 6.45) is 5.76. The molecule has 0 aliphatic rings. The lowest BCUT2D eigenvalue weighted by Crippen LogP contribution is -2.10. The fourth-order valence-electron chi connectivity index (χ4n) is 1.47. The average molecular weight is 262 g/mol. The second-order valence-electron chi connectivity index (χ2n) is 3.79. The highest BCUT2D eigenvalue weighted by atomic mass is 32.2. The predicted molar refractivity (Wildman–Crippen MR) is 70.5 cm³/mol. The number of aryl methyl sites for hydroxylation is 1. The van der Waals surface area contributed by atoms with Crippen molar-refractivity contribution in [1.82, 2.24) is 19.9 Å². The lowest BCUT2D eigenvalue weighted by molar-refractivity contribution is 0.859. The van der Waals surface area contributed by atoms with Gasteiger partial charge in [-0.05, 0) is 13.3 Å². The number of aromatic amines is 1. The molecule has 2 heterocycles. The number of hydrogen-bond donors (Lipinski definition) is 1. The van der Waals surface area contributed by atoms with Crippen LogP contribution in [0.4, 0.5) is 0 Å². The number of hydrogen-bond acceptors (Lipinski definition) is 5. The minimum atomic E-state index is -0.115. The summed E-state index contributed by atoms with van der Waals surface area (Å²) in [6, 6.07) is 1.52. The molecule has 0 bridgehead atoms. The Morgan fingerprint density at radius 2 is 2.28 bits per heavy atom. The third kappa shape index (κ3) is 3.16. The van der Waals surface area contributed by atoms with Crippen LogP contribution >= 0.6 is 11.8 Å². The van der Waals surface area contributed by atoms with Gasteiger partial charge in [0.1, 0.15) is 0 Å². The van der Waals surface area contributed by atoms with E-state index in [1.54, 1.807) is 18.6 Å². The second kappa shape index (κ2) is 5.77. The van der Waals surface area contributed by atoms with Crippen molar-refractivity contribution in [2.75, 3.05) is 0 Å². The van der Waals surface area contributed by atoms with Crippen molar-refractivity contribution in [1.29, 1.82) is 0 Å². The molecule has 2 rings (SSSR count). The Hall–Kier alpha value is -1.69. The van der Waals surface area contributed by atoms with Crippen LogP contribution in [0.15, 0.2) is 34.6 Å². The molecule has 1 N–H and O–H groups in total. The average Bonchev–Trinajstić information content (AvgIpc) is 2.39. The lowest BCUT2D eigenvalue weighted by Gasteiger charge is -2.09. The Labute approximate surface area is 109 Å². The van der Waals surface area contributed by atoms with E-state index in [4.69, 9.17) is 0 Å². The van der Waals surface area contributed by atoms with Gasteiger partial charge < -0.3 is 4.98 Å². The molecule has 0 aliphatic carbocycles. The fourth-order valence-corrected chi connectivity index (χ4v) is 2.38. The van der Waals surface area contributed by atoms with Gasteiger partial charge in [0, 0.05) is 30.4 Å². The summed E-state index contributed by atoms with van der Waals surface area (Å²) < 4.78 is 0. The molecule has 5 nitrogen and oxygen atoms in total. The zero-order valence-electron chi connectivity index (χ0n) is 10.3. The summed E-state index contributed by atoms with van der Waals surface area (Å²) in [7, 11) is 0. The molecule has 0 fully saturated rings. The zero-order valence-corrected chi connectivity index (χ0v) is 11.1. The predicted octanol–water partition coefficient (Wildman–Crippen LogP) is 1.98. The van der Waals surface area contributed by atoms with Crippen molar-refractivity contribution >= 4 is 11.8 Å². The van der Waals surface area contributed by atoms with Gasteiger partial charge >= 0.3 is 0 Å². The minimum Gasteiger partial charge on any atom is -0.301 e. The highest BCUT2D eigenvalue weighted by Gasteiger charge is 2.11. The molecule has 0 saturated heterocycles. The zero-order chi connectivity index (χ0) is 13.0. The van der Waals surface area contributed by atoms with E-state index in [1.165, 1.54) is 17.8 Å². The molecule has 18 heavy (non-hydrogen) atoms. The number of nitrogens with zero attached hydrogens (tertiary/aromatic N) is 3. The van der Waals surface area contributed by atoms with Crippen molar-refractivity contribution in [2.45, 2.75) is 30.7 Å². The van der Waals surface area contributed by atoms with Gasteiger partial charge in [-0.25, -0.2) is 4.98 Å². The first-order chi connectivity index (χ1) is 8.69. The minimum absolute atomic E-state index is 0.0916. The molecule has 0 unspecified atom stereocenters. The van der Waals surface area contributed by atoms with Crippen LogP contribution in [-0.4, -0.2) is 19.9 Å². The Kier molecular flexibility index (Phi) is 4.09. The highest BCUT2D eigenvalue weighted by Crippen LogP contribution is 2.30. The molecular weight excluding hydrogens is 248 g/mol. The summed E-state index contributed by atoms with van der Waals surface area (Å²) in [5, 5.41) is 0.714. The molecule has 0 radical (unpaired) electrons. The molecule has 94 valence electrons. The fraction of sp³-hybridized carbons (Fsp3) is 0.333. The van der Waals surface area contributed by atoms with Crippen molar-refractivity contribution in [3.63, 3.8) is 0 Å².